The van der Waals surface area contributed by atoms with Gasteiger partial charge in [0, 0.05) is 13.1 Å². The Kier molecular flexibility index (Phi) is 4.36. The van der Waals surface area contributed by atoms with E-state index < -0.39 is 23.8 Å². The number of methoxy groups -OCH3 is 2. The Hall–Kier alpha value is -1.63. The smallest absolute Gasteiger partial charge is 0.317 e. The maximum atomic E-state index is 11.9. The molecule has 0 saturated carbocycles. The number of esters is 2. The molecule has 19 heavy (non-hydrogen) atoms. The molecule has 2 rings (SSSR count). The SMILES string of the molecule is COC(=O)[C@H]1C(N2CCOCC2)=NC[C@@H]1C(=O)OC. The number of nitrogens with zero attached hydrogens (tertiary/aromatic N) is 2. The monoisotopic (exact) mass is 270 g/mol. The maximum Gasteiger partial charge on any atom is 0.317 e. The van der Waals surface area contributed by atoms with Crippen molar-refractivity contribution < 1.29 is 23.8 Å². The molecule has 7 nitrogen and oxygen atoms in total. The van der Waals surface area contributed by atoms with Crippen LogP contribution in [-0.2, 0) is 23.8 Å². The molecule has 1 saturated heterocycles. The summed E-state index contributed by atoms with van der Waals surface area (Å²) in [5.41, 5.74) is 0. The van der Waals surface area contributed by atoms with Gasteiger partial charge in [0.05, 0.1) is 39.9 Å². The van der Waals surface area contributed by atoms with Gasteiger partial charge in [-0.05, 0) is 0 Å². The third kappa shape index (κ3) is 2.70. The summed E-state index contributed by atoms with van der Waals surface area (Å²) in [5.74, 6) is -1.52. The van der Waals surface area contributed by atoms with Crippen molar-refractivity contribution in [1.29, 1.82) is 0 Å². The van der Waals surface area contributed by atoms with E-state index in [0.29, 0.717) is 32.1 Å². The molecule has 0 bridgehead atoms. The van der Waals surface area contributed by atoms with Gasteiger partial charge in [-0.3, -0.25) is 14.6 Å². The number of aliphatic imine (C=N–C) groups is 1. The third-order valence-corrected chi connectivity index (χ3v) is 3.42. The summed E-state index contributed by atoms with van der Waals surface area (Å²) in [6.07, 6.45) is 0. The molecule has 0 amide bonds. The van der Waals surface area contributed by atoms with E-state index in [2.05, 4.69) is 4.99 Å². The molecular weight excluding hydrogens is 252 g/mol. The molecule has 106 valence electrons. The van der Waals surface area contributed by atoms with E-state index >= 15 is 0 Å². The minimum atomic E-state index is -0.671. The second-order valence-corrected chi connectivity index (χ2v) is 4.43. The number of carbonyl (C=O) groups excluding carboxylic acids is 2. The summed E-state index contributed by atoms with van der Waals surface area (Å²) >= 11 is 0. The highest BCUT2D eigenvalue weighted by atomic mass is 16.5. The van der Waals surface area contributed by atoms with Gasteiger partial charge in [0.2, 0.25) is 0 Å². The summed E-state index contributed by atoms with van der Waals surface area (Å²) in [7, 11) is 2.62. The summed E-state index contributed by atoms with van der Waals surface area (Å²) < 4.78 is 14.8. The molecule has 7 heteroatoms. The molecule has 0 spiro atoms. The van der Waals surface area contributed by atoms with Gasteiger partial charge in [-0.2, -0.15) is 0 Å². The largest absolute Gasteiger partial charge is 0.469 e. The van der Waals surface area contributed by atoms with Crippen LogP contribution in [0.4, 0.5) is 0 Å². The Morgan fingerprint density at radius 3 is 2.42 bits per heavy atom. The van der Waals surface area contributed by atoms with Crippen LogP contribution in [0.25, 0.3) is 0 Å². The summed E-state index contributed by atoms with van der Waals surface area (Å²) in [6.45, 7) is 2.78. The molecule has 0 radical (unpaired) electrons. The van der Waals surface area contributed by atoms with Crippen LogP contribution in [0.15, 0.2) is 4.99 Å². The molecule has 0 aromatic rings. The van der Waals surface area contributed by atoms with Crippen molar-refractivity contribution in [3.8, 4) is 0 Å². The lowest BCUT2D eigenvalue weighted by Crippen LogP contribution is -2.47. The van der Waals surface area contributed by atoms with E-state index in [9.17, 15) is 9.59 Å². The minimum Gasteiger partial charge on any atom is -0.469 e. The van der Waals surface area contributed by atoms with Gasteiger partial charge in [0.15, 0.2) is 0 Å². The Morgan fingerprint density at radius 2 is 1.84 bits per heavy atom. The highest BCUT2D eigenvalue weighted by molar-refractivity contribution is 6.06. The average Bonchev–Trinajstić information content (AvgIpc) is 2.91. The van der Waals surface area contributed by atoms with Crippen LogP contribution >= 0.6 is 0 Å². The van der Waals surface area contributed by atoms with Crippen molar-refractivity contribution in [2.75, 3.05) is 47.1 Å². The summed E-state index contributed by atoms with van der Waals surface area (Å²) in [6, 6.07) is 0. The Balaban J connectivity index is 2.17. The zero-order valence-corrected chi connectivity index (χ0v) is 11.1. The molecule has 2 heterocycles. The Morgan fingerprint density at radius 1 is 1.21 bits per heavy atom. The van der Waals surface area contributed by atoms with Crippen LogP contribution in [0, 0.1) is 11.8 Å². The first-order chi connectivity index (χ1) is 9.19. The van der Waals surface area contributed by atoms with Gasteiger partial charge in [-0.1, -0.05) is 0 Å². The molecule has 2 atom stereocenters. The van der Waals surface area contributed by atoms with Crippen molar-refractivity contribution >= 4 is 17.8 Å². The van der Waals surface area contributed by atoms with Crippen molar-refractivity contribution in [2.24, 2.45) is 16.8 Å². The number of carbonyl (C=O) groups is 2. The van der Waals surface area contributed by atoms with E-state index in [-0.39, 0.29) is 6.54 Å². The molecule has 0 unspecified atom stereocenters. The molecule has 2 aliphatic rings. The fourth-order valence-corrected chi connectivity index (χ4v) is 2.42. The predicted molar refractivity (Wildman–Crippen MR) is 65.7 cm³/mol. The summed E-state index contributed by atoms with van der Waals surface area (Å²) in [5, 5.41) is 0. The van der Waals surface area contributed by atoms with Crippen LogP contribution in [0.2, 0.25) is 0 Å². The fourth-order valence-electron chi connectivity index (χ4n) is 2.42. The van der Waals surface area contributed by atoms with Gasteiger partial charge in [0.1, 0.15) is 11.8 Å². The fraction of sp³-hybridized carbons (Fsp3) is 0.750. The van der Waals surface area contributed by atoms with Crippen molar-refractivity contribution in [2.45, 2.75) is 0 Å². The first-order valence-electron chi connectivity index (χ1n) is 6.21. The lowest BCUT2D eigenvalue weighted by Gasteiger charge is -2.31. The molecule has 2 aliphatic heterocycles. The molecule has 0 aromatic carbocycles. The normalized spacial score (nSPS) is 26.8. The number of amidine groups is 1. The zero-order valence-electron chi connectivity index (χ0n) is 11.1. The summed E-state index contributed by atoms with van der Waals surface area (Å²) in [4.78, 5) is 30.0. The van der Waals surface area contributed by atoms with Crippen molar-refractivity contribution in [1.82, 2.24) is 4.90 Å². The van der Waals surface area contributed by atoms with Gasteiger partial charge >= 0.3 is 11.9 Å². The van der Waals surface area contributed by atoms with Crippen LogP contribution < -0.4 is 0 Å². The van der Waals surface area contributed by atoms with Crippen LogP contribution in [0.3, 0.4) is 0 Å². The highest BCUT2D eigenvalue weighted by Gasteiger charge is 2.45. The Labute approximate surface area is 111 Å². The van der Waals surface area contributed by atoms with Crippen LogP contribution in [0.5, 0.6) is 0 Å². The van der Waals surface area contributed by atoms with Gasteiger partial charge in [0.25, 0.3) is 0 Å². The first-order valence-corrected chi connectivity index (χ1v) is 6.21. The quantitative estimate of drug-likeness (QED) is 0.618. The molecule has 0 aromatic heterocycles. The minimum absolute atomic E-state index is 0.263. The van der Waals surface area contributed by atoms with E-state index in [1.54, 1.807) is 0 Å². The van der Waals surface area contributed by atoms with E-state index in [1.165, 1.54) is 14.2 Å². The average molecular weight is 270 g/mol. The number of hydrogen-bond acceptors (Lipinski definition) is 7. The van der Waals surface area contributed by atoms with Crippen LogP contribution in [-0.4, -0.2) is 69.7 Å². The number of rotatable bonds is 2. The standard InChI is InChI=1S/C12H18N2O5/c1-17-11(15)8-7-13-10(9(8)12(16)18-2)14-3-5-19-6-4-14/h8-9H,3-7H2,1-2H3/t8-,9+/m0/s1. The van der Waals surface area contributed by atoms with Gasteiger partial charge in [-0.15, -0.1) is 0 Å². The second kappa shape index (κ2) is 6.01. The van der Waals surface area contributed by atoms with Crippen LogP contribution in [0.1, 0.15) is 0 Å². The molecule has 1 fully saturated rings. The zero-order chi connectivity index (χ0) is 13.8. The lowest BCUT2D eigenvalue weighted by molar-refractivity contribution is -0.154. The lowest BCUT2D eigenvalue weighted by atomic mass is 9.93. The topological polar surface area (TPSA) is 77.4 Å². The molecular formula is C12H18N2O5. The van der Waals surface area contributed by atoms with E-state index in [4.69, 9.17) is 14.2 Å². The van der Waals surface area contributed by atoms with Crippen molar-refractivity contribution in [3.05, 3.63) is 0 Å². The number of hydrogen-bond donors (Lipinski definition) is 0. The van der Waals surface area contributed by atoms with Gasteiger partial charge in [-0.25, -0.2) is 0 Å². The second-order valence-electron chi connectivity index (χ2n) is 4.43. The predicted octanol–water partition coefficient (Wildman–Crippen LogP) is -0.691. The highest BCUT2D eigenvalue weighted by Crippen LogP contribution is 2.26. The van der Waals surface area contributed by atoms with Gasteiger partial charge < -0.3 is 19.1 Å². The molecule has 0 aliphatic carbocycles. The Bertz CT molecular complexity index is 390. The van der Waals surface area contributed by atoms with E-state index in [1.807, 2.05) is 4.90 Å². The third-order valence-electron chi connectivity index (χ3n) is 3.42. The van der Waals surface area contributed by atoms with E-state index in [0.717, 1.165) is 0 Å². The number of ether oxygens (including phenoxy) is 3. The first kappa shape index (κ1) is 13.8. The molecule has 0 N–H and O–H groups in total. The van der Waals surface area contributed by atoms with Crippen molar-refractivity contribution in [3.63, 3.8) is 0 Å². The number of morpholine rings is 1. The maximum absolute atomic E-state index is 11.9.